The molecule has 0 saturated carbocycles. The third-order valence-electron chi connectivity index (χ3n) is 21.0. The van der Waals surface area contributed by atoms with Crippen molar-refractivity contribution in [2.45, 2.75) is 472 Å². The summed E-state index contributed by atoms with van der Waals surface area (Å²) in [6.45, 7) is 14.4. The van der Waals surface area contributed by atoms with Gasteiger partial charge >= 0.3 is 39.5 Å². The number of hydrogen-bond acceptors (Lipinski definition) is 15. The van der Waals surface area contributed by atoms with Crippen LogP contribution in [0.4, 0.5) is 0 Å². The van der Waals surface area contributed by atoms with Crippen molar-refractivity contribution < 1.29 is 80.2 Å². The molecule has 0 aliphatic rings. The molecule has 0 radical (unpaired) electrons. The molecule has 0 saturated heterocycles. The van der Waals surface area contributed by atoms with Crippen LogP contribution in [0.15, 0.2) is 0 Å². The number of carbonyl (C=O) groups is 4. The number of phosphoric acid groups is 2. The first kappa shape index (κ1) is 104. The second kappa shape index (κ2) is 75.7. The van der Waals surface area contributed by atoms with Gasteiger partial charge in [0.1, 0.15) is 19.3 Å². The first-order chi connectivity index (χ1) is 51.2. The van der Waals surface area contributed by atoms with Crippen LogP contribution >= 0.6 is 15.6 Å². The van der Waals surface area contributed by atoms with Gasteiger partial charge in [-0.15, -0.1) is 0 Å². The van der Waals surface area contributed by atoms with E-state index in [2.05, 4.69) is 55.4 Å². The van der Waals surface area contributed by atoms with Gasteiger partial charge in [-0.3, -0.25) is 37.3 Å². The molecule has 3 N–H and O–H groups in total. The highest BCUT2D eigenvalue weighted by Crippen LogP contribution is 2.45. The molecule has 106 heavy (non-hydrogen) atoms. The van der Waals surface area contributed by atoms with Crippen molar-refractivity contribution in [2.75, 3.05) is 39.6 Å². The molecule has 0 aliphatic carbocycles. The van der Waals surface area contributed by atoms with Gasteiger partial charge in [0.25, 0.3) is 0 Å². The molecule has 17 nitrogen and oxygen atoms in total. The molecule has 19 heteroatoms. The Labute approximate surface area is 651 Å². The lowest BCUT2D eigenvalue weighted by Gasteiger charge is -2.21. The Morgan fingerprint density at radius 2 is 0.453 bits per heavy atom. The zero-order valence-corrected chi connectivity index (χ0v) is 71.9. The van der Waals surface area contributed by atoms with Crippen molar-refractivity contribution >= 4 is 39.5 Å². The Morgan fingerprint density at radius 3 is 0.670 bits per heavy atom. The van der Waals surface area contributed by atoms with Crippen LogP contribution in [0.5, 0.6) is 0 Å². The summed E-state index contributed by atoms with van der Waals surface area (Å²) in [5.41, 5.74) is 0. The monoisotopic (exact) mass is 1550 g/mol. The van der Waals surface area contributed by atoms with Gasteiger partial charge in [0.05, 0.1) is 26.4 Å². The highest BCUT2D eigenvalue weighted by molar-refractivity contribution is 7.47. The van der Waals surface area contributed by atoms with Crippen LogP contribution < -0.4 is 0 Å². The van der Waals surface area contributed by atoms with Gasteiger partial charge in [-0.05, 0) is 49.4 Å². The third-order valence-corrected chi connectivity index (χ3v) is 22.9. The van der Waals surface area contributed by atoms with Crippen molar-refractivity contribution in [3.63, 3.8) is 0 Å². The van der Waals surface area contributed by atoms with Gasteiger partial charge in [-0.1, -0.05) is 402 Å². The van der Waals surface area contributed by atoms with Crippen LogP contribution in [0.25, 0.3) is 0 Å². The Balaban J connectivity index is 5.24. The summed E-state index contributed by atoms with van der Waals surface area (Å²) in [6.07, 6.45) is 65.2. The maximum absolute atomic E-state index is 13.2. The summed E-state index contributed by atoms with van der Waals surface area (Å²) < 4.78 is 68.9. The van der Waals surface area contributed by atoms with Crippen LogP contribution in [-0.2, 0) is 65.4 Å². The highest BCUT2D eigenvalue weighted by Gasteiger charge is 2.31. The molecule has 0 fully saturated rings. The first-order valence-corrected chi connectivity index (χ1v) is 47.8. The average Bonchev–Trinajstić information content (AvgIpc) is 0.903. The molecule has 0 spiro atoms. The van der Waals surface area contributed by atoms with Crippen LogP contribution in [0.3, 0.4) is 0 Å². The fraction of sp³-hybridized carbons (Fsp3) is 0.954. The Hall–Kier alpha value is -1.94. The number of rotatable bonds is 84. The maximum atomic E-state index is 13.2. The van der Waals surface area contributed by atoms with E-state index in [9.17, 15) is 43.2 Å². The minimum atomic E-state index is -4.97. The van der Waals surface area contributed by atoms with Crippen molar-refractivity contribution in [3.8, 4) is 0 Å². The van der Waals surface area contributed by atoms with E-state index in [1.165, 1.54) is 250 Å². The molecule has 0 aliphatic heterocycles. The summed E-state index contributed by atoms with van der Waals surface area (Å²) in [7, 11) is -9.93. The standard InChI is InChI=1S/C87H170O17P2/c1-9-79(7)65-57-49-41-35-29-23-19-20-24-30-36-42-51-59-67-84(89)97-73-82(103-86(91)69-61-53-43-37-31-25-17-13-11-15-21-27-33-39-47-55-63-77(3)4)75-101-105(93,94)99-71-81(88)72-100-106(95,96)102-76-83(74-98-85(90)68-60-52-46-45-50-58-66-80(8)10-2)104-87(92)70-62-54-44-38-32-26-18-14-12-16-22-28-34-40-48-56-64-78(5)6/h77-83,88H,9-76H2,1-8H3,(H,93,94)(H,95,96)/t79?,80?,81-,82-,83-/m1/s1. The SMILES string of the molecule is CCC(C)CCCCCCCCCCCCCCCCC(=O)OC[C@H](COP(=O)(O)OC[C@@H](O)COP(=O)(O)OC[C@@H](COC(=O)CCCCCCCCC(C)CC)OC(=O)CCCCCCCCCCCCCCCCCCC(C)C)OC(=O)CCCCCCCCCCCCCCCCCCC(C)C. The Morgan fingerprint density at radius 1 is 0.264 bits per heavy atom. The minimum Gasteiger partial charge on any atom is -0.462 e. The molecule has 7 atom stereocenters. The molecular weight excluding hydrogens is 1380 g/mol. The molecular formula is C87H170O17P2. The molecule has 0 amide bonds. The van der Waals surface area contributed by atoms with E-state index < -0.39 is 97.5 Å². The fourth-order valence-corrected chi connectivity index (χ4v) is 15.0. The summed E-state index contributed by atoms with van der Waals surface area (Å²) >= 11 is 0. The highest BCUT2D eigenvalue weighted by atomic mass is 31.2. The van der Waals surface area contributed by atoms with Crippen molar-refractivity contribution in [3.05, 3.63) is 0 Å². The van der Waals surface area contributed by atoms with Crippen LogP contribution in [0.1, 0.15) is 453 Å². The van der Waals surface area contributed by atoms with Crippen molar-refractivity contribution in [2.24, 2.45) is 23.7 Å². The van der Waals surface area contributed by atoms with E-state index in [0.717, 1.165) is 120 Å². The number of aliphatic hydroxyl groups excluding tert-OH is 1. The van der Waals surface area contributed by atoms with Gasteiger partial charge in [0, 0.05) is 25.7 Å². The number of phosphoric ester groups is 2. The molecule has 0 heterocycles. The summed E-state index contributed by atoms with van der Waals surface area (Å²) in [6, 6.07) is 0. The number of hydrogen-bond donors (Lipinski definition) is 3. The predicted molar refractivity (Wildman–Crippen MR) is 437 cm³/mol. The number of ether oxygens (including phenoxy) is 4. The molecule has 0 aromatic rings. The lowest BCUT2D eigenvalue weighted by Crippen LogP contribution is -2.30. The zero-order chi connectivity index (χ0) is 78.1. The first-order valence-electron chi connectivity index (χ1n) is 44.8. The number of aliphatic hydroxyl groups is 1. The van der Waals surface area contributed by atoms with E-state index in [1.807, 2.05) is 0 Å². The van der Waals surface area contributed by atoms with E-state index in [4.69, 9.17) is 37.0 Å². The maximum Gasteiger partial charge on any atom is 0.472 e. The number of unbranched alkanes of at least 4 members (excludes halogenated alkanes) is 48. The number of esters is 4. The van der Waals surface area contributed by atoms with Gasteiger partial charge in [-0.25, -0.2) is 9.13 Å². The lowest BCUT2D eigenvalue weighted by atomic mass is 9.99. The quantitative estimate of drug-likeness (QED) is 0.0222. The zero-order valence-electron chi connectivity index (χ0n) is 70.1. The van der Waals surface area contributed by atoms with E-state index in [1.54, 1.807) is 0 Å². The normalized spacial score (nSPS) is 14.4. The summed E-state index contributed by atoms with van der Waals surface area (Å²) in [5, 5.41) is 10.7. The van der Waals surface area contributed by atoms with Crippen LogP contribution in [0.2, 0.25) is 0 Å². The number of carbonyl (C=O) groups excluding carboxylic acids is 4. The van der Waals surface area contributed by atoms with Gasteiger partial charge in [-0.2, -0.15) is 0 Å². The fourth-order valence-electron chi connectivity index (χ4n) is 13.4. The van der Waals surface area contributed by atoms with E-state index in [0.29, 0.717) is 25.7 Å². The second-order valence-corrected chi connectivity index (χ2v) is 35.6. The molecule has 0 aromatic carbocycles. The predicted octanol–water partition coefficient (Wildman–Crippen LogP) is 26.3. The molecule has 0 bridgehead atoms. The van der Waals surface area contributed by atoms with Gasteiger partial charge in [0.15, 0.2) is 12.2 Å². The second-order valence-electron chi connectivity index (χ2n) is 32.7. The van der Waals surface area contributed by atoms with Crippen LogP contribution in [0, 0.1) is 23.7 Å². The van der Waals surface area contributed by atoms with Crippen molar-refractivity contribution in [1.29, 1.82) is 0 Å². The Kier molecular flexibility index (Phi) is 74.3. The smallest absolute Gasteiger partial charge is 0.462 e. The third kappa shape index (κ3) is 77.4. The van der Waals surface area contributed by atoms with E-state index in [-0.39, 0.29) is 25.7 Å². The summed E-state index contributed by atoms with van der Waals surface area (Å²) in [4.78, 5) is 73.3. The molecule has 4 unspecified atom stereocenters. The van der Waals surface area contributed by atoms with Gasteiger partial charge in [0.2, 0.25) is 0 Å². The van der Waals surface area contributed by atoms with Crippen molar-refractivity contribution in [1.82, 2.24) is 0 Å². The van der Waals surface area contributed by atoms with Gasteiger partial charge < -0.3 is 33.8 Å². The van der Waals surface area contributed by atoms with Crippen LogP contribution in [-0.4, -0.2) is 96.7 Å². The molecule has 0 aromatic heterocycles. The largest absolute Gasteiger partial charge is 0.472 e. The topological polar surface area (TPSA) is 237 Å². The van der Waals surface area contributed by atoms with E-state index >= 15 is 0 Å². The average molecular weight is 1550 g/mol. The molecule has 630 valence electrons. The minimum absolute atomic E-state index is 0.107. The lowest BCUT2D eigenvalue weighted by molar-refractivity contribution is -0.161. The summed E-state index contributed by atoms with van der Waals surface area (Å²) in [5.74, 6) is 1.09. The Bertz CT molecular complexity index is 2060. The molecule has 0 rings (SSSR count).